The van der Waals surface area contributed by atoms with E-state index in [2.05, 4.69) is 42.4 Å². The molecule has 9 nitrogen and oxygen atoms in total. The van der Waals surface area contributed by atoms with E-state index in [-0.39, 0.29) is 18.1 Å². The van der Waals surface area contributed by atoms with Crippen molar-refractivity contribution in [2.75, 3.05) is 6.61 Å². The Morgan fingerprint density at radius 3 is 2.47 bits per heavy atom. The van der Waals surface area contributed by atoms with Gasteiger partial charge in [0.2, 0.25) is 0 Å². The molecule has 4 rings (SSSR count). The maximum atomic E-state index is 12.5. The molecule has 0 saturated heterocycles. The Morgan fingerprint density at radius 2 is 1.81 bits per heavy atom. The minimum atomic E-state index is -0.485. The fraction of sp³-hybridized carbons (Fsp3) is 0.120. The number of amides is 1. The number of nitro groups is 1. The summed E-state index contributed by atoms with van der Waals surface area (Å²) < 4.78 is 18.3. The van der Waals surface area contributed by atoms with E-state index in [0.717, 1.165) is 10.9 Å². The van der Waals surface area contributed by atoms with Gasteiger partial charge in [-0.2, -0.15) is 5.10 Å². The second-order valence-corrected chi connectivity index (χ2v) is 9.18. The second kappa shape index (κ2) is 11.4. The van der Waals surface area contributed by atoms with Gasteiger partial charge in [0.1, 0.15) is 23.7 Å². The maximum absolute atomic E-state index is 12.5. The van der Waals surface area contributed by atoms with Crippen LogP contribution < -0.4 is 14.9 Å². The highest BCUT2D eigenvalue weighted by atomic mass is 79.9. The molecular weight excluding hydrogens is 598 g/mol. The van der Waals surface area contributed by atoms with E-state index in [0.29, 0.717) is 38.2 Å². The van der Waals surface area contributed by atoms with Crippen LogP contribution in [0.25, 0.3) is 11.0 Å². The fourth-order valence-corrected chi connectivity index (χ4v) is 4.72. The van der Waals surface area contributed by atoms with Crippen LogP contribution >= 0.6 is 31.9 Å². The number of non-ortho nitro benzene ring substituents is 1. The quantitative estimate of drug-likeness (QED) is 0.129. The number of nitrogens with zero attached hydrogens (tertiary/aromatic N) is 2. The van der Waals surface area contributed by atoms with Crippen molar-refractivity contribution in [2.45, 2.75) is 13.5 Å². The van der Waals surface area contributed by atoms with Gasteiger partial charge in [0.15, 0.2) is 5.76 Å². The van der Waals surface area contributed by atoms with Gasteiger partial charge in [0.25, 0.3) is 5.69 Å². The third kappa shape index (κ3) is 6.10. The summed E-state index contributed by atoms with van der Waals surface area (Å²) in [6.07, 6.45) is 1.49. The number of halogens is 2. The maximum Gasteiger partial charge on any atom is 0.307 e. The number of nitrogens with one attached hydrogen (secondary N) is 1. The number of ether oxygens (including phenoxy) is 2. The molecule has 184 valence electrons. The highest BCUT2D eigenvalue weighted by Crippen LogP contribution is 2.35. The first-order valence-corrected chi connectivity index (χ1v) is 12.3. The van der Waals surface area contributed by atoms with E-state index in [1.54, 1.807) is 42.5 Å². The van der Waals surface area contributed by atoms with Gasteiger partial charge in [0, 0.05) is 17.5 Å². The van der Waals surface area contributed by atoms with Crippen molar-refractivity contribution in [3.63, 3.8) is 0 Å². The number of carbonyl (C=O) groups excluding carboxylic acids is 1. The SMILES string of the molecule is CCOc1ccc2oc(C(=O)N/N=C/c3cc(Br)c(OCc4ccc([N+](=O)[O-])cc4)c(Br)c3)cc2c1. The molecule has 1 heterocycles. The summed E-state index contributed by atoms with van der Waals surface area (Å²) in [5.41, 5.74) is 4.53. The molecule has 0 aliphatic heterocycles. The van der Waals surface area contributed by atoms with Gasteiger partial charge in [0.05, 0.1) is 26.7 Å². The van der Waals surface area contributed by atoms with E-state index in [9.17, 15) is 14.9 Å². The number of rotatable bonds is 9. The lowest BCUT2D eigenvalue weighted by Crippen LogP contribution is -2.16. The zero-order chi connectivity index (χ0) is 25.7. The van der Waals surface area contributed by atoms with E-state index in [1.165, 1.54) is 18.3 Å². The number of benzene rings is 3. The summed E-state index contributed by atoms with van der Waals surface area (Å²) in [7, 11) is 0. The number of nitro benzene ring substituents is 1. The Labute approximate surface area is 222 Å². The molecule has 3 aromatic carbocycles. The molecule has 0 aliphatic carbocycles. The van der Waals surface area contributed by atoms with Crippen LogP contribution in [0.2, 0.25) is 0 Å². The molecule has 0 atom stereocenters. The highest BCUT2D eigenvalue weighted by Gasteiger charge is 2.13. The van der Waals surface area contributed by atoms with Crippen molar-refractivity contribution < 1.29 is 23.6 Å². The third-order valence-electron chi connectivity index (χ3n) is 4.95. The molecular formula is C25H19Br2N3O6. The minimum Gasteiger partial charge on any atom is -0.494 e. The molecule has 1 N–H and O–H groups in total. The molecule has 0 spiro atoms. The molecule has 0 aliphatic rings. The first kappa shape index (κ1) is 25.4. The van der Waals surface area contributed by atoms with Gasteiger partial charge in [-0.1, -0.05) is 0 Å². The van der Waals surface area contributed by atoms with Crippen LogP contribution in [-0.4, -0.2) is 23.7 Å². The van der Waals surface area contributed by atoms with E-state index in [4.69, 9.17) is 13.9 Å². The lowest BCUT2D eigenvalue weighted by molar-refractivity contribution is -0.384. The van der Waals surface area contributed by atoms with Crippen LogP contribution in [0.15, 0.2) is 79.1 Å². The predicted molar refractivity (Wildman–Crippen MR) is 142 cm³/mol. The van der Waals surface area contributed by atoms with Crippen LogP contribution in [-0.2, 0) is 6.61 Å². The van der Waals surface area contributed by atoms with Gasteiger partial charge in [-0.15, -0.1) is 0 Å². The molecule has 0 unspecified atom stereocenters. The second-order valence-electron chi connectivity index (χ2n) is 7.47. The smallest absolute Gasteiger partial charge is 0.307 e. The van der Waals surface area contributed by atoms with Crippen molar-refractivity contribution in [2.24, 2.45) is 5.10 Å². The van der Waals surface area contributed by atoms with Crippen molar-refractivity contribution in [1.29, 1.82) is 0 Å². The van der Waals surface area contributed by atoms with E-state index < -0.39 is 10.8 Å². The summed E-state index contributed by atoms with van der Waals surface area (Å²) in [5.74, 6) is 0.907. The van der Waals surface area contributed by atoms with Crippen molar-refractivity contribution in [3.8, 4) is 11.5 Å². The molecule has 0 saturated carbocycles. The van der Waals surface area contributed by atoms with E-state index >= 15 is 0 Å². The number of hydrogen-bond acceptors (Lipinski definition) is 7. The standard InChI is InChI=1S/C25H19Br2N3O6/c1-2-34-19-7-8-22-17(11-19)12-23(36-22)25(31)29-28-13-16-9-20(26)24(21(27)10-16)35-14-15-3-5-18(6-4-15)30(32)33/h3-13H,2,14H2,1H3,(H,29,31)/b28-13+. The summed E-state index contributed by atoms with van der Waals surface area (Å²) in [6.45, 7) is 2.67. The Balaban J connectivity index is 1.38. The van der Waals surface area contributed by atoms with Gasteiger partial charge in [-0.25, -0.2) is 5.43 Å². The lowest BCUT2D eigenvalue weighted by atomic mass is 10.2. The zero-order valence-electron chi connectivity index (χ0n) is 18.9. The normalized spacial score (nSPS) is 11.1. The summed E-state index contributed by atoms with van der Waals surface area (Å²) in [4.78, 5) is 22.8. The Bertz CT molecular complexity index is 1430. The Hall–Kier alpha value is -3.70. The molecule has 0 fully saturated rings. The highest BCUT2D eigenvalue weighted by molar-refractivity contribution is 9.11. The van der Waals surface area contributed by atoms with Crippen LogP contribution in [0.3, 0.4) is 0 Å². The molecule has 1 amide bonds. The van der Waals surface area contributed by atoms with Gasteiger partial charge in [-0.3, -0.25) is 14.9 Å². The minimum absolute atomic E-state index is 0.0212. The Morgan fingerprint density at radius 1 is 1.08 bits per heavy atom. The summed E-state index contributed by atoms with van der Waals surface area (Å²) >= 11 is 6.96. The van der Waals surface area contributed by atoms with Gasteiger partial charge < -0.3 is 13.9 Å². The average molecular weight is 617 g/mol. The molecule has 0 bridgehead atoms. The predicted octanol–water partition coefficient (Wildman–Crippen LogP) is 6.61. The summed E-state index contributed by atoms with van der Waals surface area (Å²) in [6, 6.07) is 16.7. The number of fused-ring (bicyclic) bond motifs is 1. The van der Waals surface area contributed by atoms with Crippen LogP contribution in [0, 0.1) is 10.1 Å². The largest absolute Gasteiger partial charge is 0.494 e. The Kier molecular flexibility index (Phi) is 8.01. The van der Waals surface area contributed by atoms with Crippen LogP contribution in [0.1, 0.15) is 28.6 Å². The molecule has 11 heteroatoms. The molecule has 36 heavy (non-hydrogen) atoms. The molecule has 1 aromatic heterocycles. The average Bonchev–Trinajstić information content (AvgIpc) is 3.28. The monoisotopic (exact) mass is 615 g/mol. The third-order valence-corrected chi connectivity index (χ3v) is 6.13. The number of hydrogen-bond donors (Lipinski definition) is 1. The lowest BCUT2D eigenvalue weighted by Gasteiger charge is -2.11. The van der Waals surface area contributed by atoms with Crippen LogP contribution in [0.5, 0.6) is 11.5 Å². The van der Waals surface area contributed by atoms with Crippen molar-refractivity contribution in [1.82, 2.24) is 5.43 Å². The van der Waals surface area contributed by atoms with Gasteiger partial charge >= 0.3 is 5.91 Å². The summed E-state index contributed by atoms with van der Waals surface area (Å²) in [5, 5.41) is 15.6. The number of hydrazone groups is 1. The van der Waals surface area contributed by atoms with Crippen molar-refractivity contribution >= 4 is 60.6 Å². The molecule has 4 aromatic rings. The number of furan rings is 1. The fourth-order valence-electron chi connectivity index (χ4n) is 3.27. The zero-order valence-corrected chi connectivity index (χ0v) is 22.0. The van der Waals surface area contributed by atoms with Crippen LogP contribution in [0.4, 0.5) is 5.69 Å². The topological polar surface area (TPSA) is 116 Å². The first-order chi connectivity index (χ1) is 17.3. The first-order valence-electron chi connectivity index (χ1n) is 10.7. The van der Waals surface area contributed by atoms with Crippen molar-refractivity contribution in [3.05, 3.63) is 96.6 Å². The molecule has 0 radical (unpaired) electrons. The number of carbonyl (C=O) groups is 1. The van der Waals surface area contributed by atoms with Gasteiger partial charge in [-0.05, 0) is 98.4 Å². The van der Waals surface area contributed by atoms with E-state index in [1.807, 2.05) is 13.0 Å².